The molecule has 0 unspecified atom stereocenters. The molecular weight excluding hydrogens is 681 g/mol. The Balaban J connectivity index is 0.000000173. The van der Waals surface area contributed by atoms with Crippen LogP contribution >= 0.6 is 69.6 Å². The van der Waals surface area contributed by atoms with E-state index in [1.165, 1.54) is 18.2 Å². The zero-order chi connectivity index (χ0) is 31.0. The fraction of sp³-hybridized carbons (Fsp3) is 0.310. The maximum atomic E-state index is 12.7. The van der Waals surface area contributed by atoms with Gasteiger partial charge in [0.05, 0.1) is 31.2 Å². The average molecular weight is 705 g/mol. The number of terminal acetylenes is 1. The quantitative estimate of drug-likeness (QED) is 0.219. The minimum Gasteiger partial charge on any atom is -0.506 e. The van der Waals surface area contributed by atoms with Crippen molar-refractivity contribution in [3.63, 3.8) is 0 Å². The molecule has 14 heteroatoms. The summed E-state index contributed by atoms with van der Waals surface area (Å²) in [5, 5.41) is 11.5. The molecule has 2 aliphatic rings. The molecule has 0 radical (unpaired) electrons. The third kappa shape index (κ3) is 6.04. The van der Waals surface area contributed by atoms with E-state index in [-0.39, 0.29) is 33.5 Å². The van der Waals surface area contributed by atoms with E-state index in [0.29, 0.717) is 74.5 Å². The van der Waals surface area contributed by atoms with Crippen LogP contribution in [0.15, 0.2) is 33.9 Å². The predicted molar refractivity (Wildman–Crippen MR) is 173 cm³/mol. The highest BCUT2D eigenvalue weighted by molar-refractivity contribution is 6.39. The minimum absolute atomic E-state index is 0.0692. The zero-order valence-corrected chi connectivity index (χ0v) is 27.0. The summed E-state index contributed by atoms with van der Waals surface area (Å²) >= 11 is 37.1. The summed E-state index contributed by atoms with van der Waals surface area (Å²) in [6.45, 7) is 2.75. The van der Waals surface area contributed by atoms with E-state index in [1.54, 1.807) is 24.8 Å². The summed E-state index contributed by atoms with van der Waals surface area (Å²) in [6, 6.07) is 5.92. The highest BCUT2D eigenvalue weighted by atomic mass is 35.5. The van der Waals surface area contributed by atoms with E-state index in [0.717, 1.165) is 25.7 Å². The Morgan fingerprint density at radius 1 is 0.674 bits per heavy atom. The summed E-state index contributed by atoms with van der Waals surface area (Å²) in [6.07, 6.45) is 9.05. The van der Waals surface area contributed by atoms with Crippen LogP contribution in [0.1, 0.15) is 25.7 Å². The second kappa shape index (κ2) is 13.2. The monoisotopic (exact) mass is 702 g/mol. The van der Waals surface area contributed by atoms with E-state index in [9.17, 15) is 14.7 Å². The Bertz CT molecular complexity index is 1880. The molecule has 0 amide bonds. The standard InChI is InChI=1S/C16H13Cl3N2O2.C13H11Cl3N2O2/c1-2-7-23-13-8-10(11(17)9-12(13)18)14-15(19)20-5-3-4-6-21(20)16(14)22;14-8-6-9(15)10(19)5-7(8)11-12(16)17-3-1-2-4-18(17)13(11)20/h1,8-9H,3-7H2;5-6,19H,1-4H2. The highest BCUT2D eigenvalue weighted by Crippen LogP contribution is 2.40. The van der Waals surface area contributed by atoms with Crippen LogP contribution in [-0.4, -0.2) is 30.4 Å². The van der Waals surface area contributed by atoms with Crippen molar-refractivity contribution in [1.29, 1.82) is 0 Å². The van der Waals surface area contributed by atoms with Crippen LogP contribution in [0.25, 0.3) is 22.3 Å². The van der Waals surface area contributed by atoms with E-state index in [1.807, 2.05) is 0 Å². The molecule has 0 bridgehead atoms. The number of hydrogen-bond donors (Lipinski definition) is 1. The van der Waals surface area contributed by atoms with Gasteiger partial charge in [0.15, 0.2) is 0 Å². The molecule has 2 aromatic heterocycles. The molecule has 0 spiro atoms. The number of halogens is 6. The topological polar surface area (TPSA) is 83.3 Å². The number of hydrogen-bond acceptors (Lipinski definition) is 4. The first-order valence-corrected chi connectivity index (χ1v) is 15.5. The lowest BCUT2D eigenvalue weighted by Gasteiger charge is -2.17. The Labute approximate surface area is 276 Å². The van der Waals surface area contributed by atoms with E-state index in [2.05, 4.69) is 5.92 Å². The number of aromatic nitrogens is 4. The SMILES string of the molecule is C#CCOc1cc(-c2c(Cl)n3n(c2=O)CCCC3)c(Cl)cc1Cl.O=c1c(-c2cc(O)c(Cl)cc2Cl)c(Cl)n2n1CCCC2. The Hall–Kier alpha value is -2.64. The first-order chi connectivity index (χ1) is 20.5. The molecular formula is C29H24Cl6N4O4. The zero-order valence-electron chi connectivity index (χ0n) is 22.5. The van der Waals surface area contributed by atoms with E-state index in [4.69, 9.17) is 80.8 Å². The van der Waals surface area contributed by atoms with Gasteiger partial charge >= 0.3 is 0 Å². The largest absolute Gasteiger partial charge is 0.506 e. The fourth-order valence-corrected chi connectivity index (χ4v) is 6.91. The van der Waals surface area contributed by atoms with Gasteiger partial charge in [0, 0.05) is 37.3 Å². The average Bonchev–Trinajstić information content (AvgIpc) is 3.39. The molecule has 0 saturated heterocycles. The summed E-state index contributed by atoms with van der Waals surface area (Å²) in [5.74, 6) is 2.61. The van der Waals surface area contributed by atoms with Crippen LogP contribution in [0.5, 0.6) is 11.5 Å². The number of aromatic hydroxyl groups is 1. The lowest BCUT2D eigenvalue weighted by atomic mass is 10.1. The van der Waals surface area contributed by atoms with Crippen molar-refractivity contribution in [2.24, 2.45) is 0 Å². The molecule has 0 fully saturated rings. The summed E-state index contributed by atoms with van der Waals surface area (Å²) < 4.78 is 12.2. The van der Waals surface area contributed by atoms with Gasteiger partial charge < -0.3 is 9.84 Å². The Morgan fingerprint density at radius 3 is 1.58 bits per heavy atom. The van der Waals surface area contributed by atoms with Crippen LogP contribution in [-0.2, 0) is 26.2 Å². The third-order valence-corrected chi connectivity index (χ3v) is 9.22. The van der Waals surface area contributed by atoms with Crippen LogP contribution in [0.3, 0.4) is 0 Å². The van der Waals surface area contributed by atoms with Gasteiger partial charge in [-0.2, -0.15) is 0 Å². The highest BCUT2D eigenvalue weighted by Gasteiger charge is 2.26. The van der Waals surface area contributed by atoms with Gasteiger partial charge in [-0.3, -0.25) is 19.0 Å². The van der Waals surface area contributed by atoms with Crippen LogP contribution < -0.4 is 15.9 Å². The van der Waals surface area contributed by atoms with Crippen molar-refractivity contribution < 1.29 is 9.84 Å². The summed E-state index contributed by atoms with van der Waals surface area (Å²) in [4.78, 5) is 25.2. The van der Waals surface area contributed by atoms with Crippen molar-refractivity contribution in [2.45, 2.75) is 51.9 Å². The van der Waals surface area contributed by atoms with Crippen molar-refractivity contribution in [2.75, 3.05) is 6.61 Å². The third-order valence-electron chi connectivity index (χ3n) is 7.23. The van der Waals surface area contributed by atoms with Crippen LogP contribution in [0, 0.1) is 12.3 Å². The van der Waals surface area contributed by atoms with Crippen molar-refractivity contribution >= 4 is 69.6 Å². The van der Waals surface area contributed by atoms with Gasteiger partial charge in [-0.15, -0.1) is 6.42 Å². The number of ether oxygens (including phenoxy) is 1. The van der Waals surface area contributed by atoms with Gasteiger partial charge in [0.25, 0.3) is 11.1 Å². The first kappa shape index (κ1) is 31.8. The molecule has 226 valence electrons. The van der Waals surface area contributed by atoms with Gasteiger partial charge in [0.1, 0.15) is 28.4 Å². The molecule has 0 aliphatic carbocycles. The molecule has 2 aromatic carbocycles. The number of fused-ring (bicyclic) bond motifs is 2. The second-order valence-corrected chi connectivity index (χ2v) is 12.2. The van der Waals surface area contributed by atoms with Crippen molar-refractivity contribution in [1.82, 2.24) is 18.7 Å². The number of phenolic OH excluding ortho intramolecular Hbond substituents is 1. The first-order valence-electron chi connectivity index (χ1n) is 13.3. The lowest BCUT2D eigenvalue weighted by Crippen LogP contribution is -2.27. The number of nitrogens with zero attached hydrogens (tertiary/aromatic N) is 4. The van der Waals surface area contributed by atoms with Gasteiger partial charge in [-0.25, -0.2) is 9.36 Å². The maximum absolute atomic E-state index is 12.7. The molecule has 43 heavy (non-hydrogen) atoms. The van der Waals surface area contributed by atoms with Gasteiger partial charge in [-0.1, -0.05) is 75.5 Å². The molecule has 0 atom stereocenters. The minimum atomic E-state index is -0.196. The van der Waals surface area contributed by atoms with E-state index < -0.39 is 0 Å². The van der Waals surface area contributed by atoms with Crippen molar-refractivity contribution in [3.05, 3.63) is 75.4 Å². The lowest BCUT2D eigenvalue weighted by molar-refractivity contribution is 0.356. The molecule has 6 rings (SSSR count). The normalized spacial score (nSPS) is 13.9. The van der Waals surface area contributed by atoms with Gasteiger partial charge in [0.2, 0.25) is 0 Å². The van der Waals surface area contributed by atoms with Gasteiger partial charge in [-0.05, 0) is 49.9 Å². The number of rotatable bonds is 4. The summed E-state index contributed by atoms with van der Waals surface area (Å²) in [7, 11) is 0. The number of phenols is 1. The Morgan fingerprint density at radius 2 is 1.12 bits per heavy atom. The molecule has 0 saturated carbocycles. The molecule has 1 N–H and O–H groups in total. The molecule has 4 aromatic rings. The fourth-order valence-electron chi connectivity index (χ4n) is 5.19. The van der Waals surface area contributed by atoms with Crippen LogP contribution in [0.2, 0.25) is 30.4 Å². The Kier molecular flexibility index (Phi) is 9.72. The summed E-state index contributed by atoms with van der Waals surface area (Å²) in [5.41, 5.74) is 1.21. The predicted octanol–water partition coefficient (Wildman–Crippen LogP) is 7.86. The van der Waals surface area contributed by atoms with Crippen LogP contribution in [0.4, 0.5) is 0 Å². The maximum Gasteiger partial charge on any atom is 0.276 e. The molecule has 2 aliphatic heterocycles. The van der Waals surface area contributed by atoms with E-state index >= 15 is 0 Å². The molecule has 4 heterocycles. The second-order valence-electron chi connectivity index (χ2n) is 9.89. The molecule has 8 nitrogen and oxygen atoms in total. The number of benzene rings is 2. The van der Waals surface area contributed by atoms with Crippen molar-refractivity contribution in [3.8, 4) is 46.1 Å². The smallest absolute Gasteiger partial charge is 0.276 e.